The fourth-order valence-electron chi connectivity index (χ4n) is 5.14. The van der Waals surface area contributed by atoms with Crippen molar-refractivity contribution in [3.63, 3.8) is 0 Å². The number of benzene rings is 3. The topological polar surface area (TPSA) is 162 Å². The van der Waals surface area contributed by atoms with Gasteiger partial charge in [0, 0.05) is 19.4 Å². The molecule has 220 valence electrons. The van der Waals surface area contributed by atoms with E-state index in [1.807, 2.05) is 36.4 Å². The number of amides is 3. The second kappa shape index (κ2) is 14.3. The molecule has 1 heterocycles. The van der Waals surface area contributed by atoms with Crippen LogP contribution < -0.4 is 16.4 Å². The Hall–Kier alpha value is -4.70. The number of phenolic OH excluding ortho intramolecular Hbond substituents is 1. The van der Waals surface area contributed by atoms with Gasteiger partial charge in [0.05, 0.1) is 6.04 Å². The highest BCUT2D eigenvalue weighted by Gasteiger charge is 2.38. The van der Waals surface area contributed by atoms with Crippen LogP contribution in [0.2, 0.25) is 0 Å². The summed E-state index contributed by atoms with van der Waals surface area (Å²) in [7, 11) is 0. The van der Waals surface area contributed by atoms with Crippen LogP contribution in [0.1, 0.15) is 29.5 Å². The first-order valence-electron chi connectivity index (χ1n) is 14.0. The van der Waals surface area contributed by atoms with Crippen LogP contribution in [0, 0.1) is 0 Å². The Morgan fingerprint density at radius 3 is 1.93 bits per heavy atom. The minimum Gasteiger partial charge on any atom is -0.508 e. The Kier molecular flexibility index (Phi) is 10.3. The van der Waals surface area contributed by atoms with Crippen LogP contribution in [0.5, 0.6) is 5.75 Å². The zero-order chi connectivity index (χ0) is 30.1. The Balaban J connectivity index is 1.48. The molecular weight excluding hydrogens is 536 g/mol. The first-order chi connectivity index (χ1) is 20.2. The predicted octanol–water partition coefficient (Wildman–Crippen LogP) is 1.79. The second-order valence-electron chi connectivity index (χ2n) is 10.5. The maximum Gasteiger partial charge on any atom is 0.326 e. The van der Waals surface area contributed by atoms with Gasteiger partial charge >= 0.3 is 5.97 Å². The van der Waals surface area contributed by atoms with Crippen LogP contribution in [0.3, 0.4) is 0 Å². The van der Waals surface area contributed by atoms with E-state index in [2.05, 4.69) is 10.6 Å². The minimum absolute atomic E-state index is 0.0454. The number of carbonyl (C=O) groups excluding carboxylic acids is 3. The summed E-state index contributed by atoms with van der Waals surface area (Å²) in [6.45, 7) is 0.367. The smallest absolute Gasteiger partial charge is 0.326 e. The van der Waals surface area contributed by atoms with E-state index in [0.717, 1.165) is 11.1 Å². The number of nitrogens with one attached hydrogen (secondary N) is 2. The number of rotatable bonds is 12. The number of aromatic hydroxyl groups is 1. The highest BCUT2D eigenvalue weighted by molar-refractivity contribution is 5.94. The molecule has 0 spiro atoms. The van der Waals surface area contributed by atoms with Gasteiger partial charge in [-0.2, -0.15) is 0 Å². The van der Waals surface area contributed by atoms with Crippen LogP contribution in [0.15, 0.2) is 84.9 Å². The van der Waals surface area contributed by atoms with Gasteiger partial charge in [0.15, 0.2) is 0 Å². The van der Waals surface area contributed by atoms with Crippen molar-refractivity contribution in [3.8, 4) is 5.75 Å². The van der Waals surface area contributed by atoms with Gasteiger partial charge in [-0.3, -0.25) is 14.4 Å². The summed E-state index contributed by atoms with van der Waals surface area (Å²) in [6, 6.07) is 20.5. The SMILES string of the molecule is NC(Cc1ccccc1)C(=O)N1CCCC1C(=O)NC(Cc1ccc(O)cc1)C(=O)NC(Cc1ccccc1)C(=O)O. The summed E-state index contributed by atoms with van der Waals surface area (Å²) in [5, 5.41) is 24.8. The van der Waals surface area contributed by atoms with Crippen LogP contribution in [-0.4, -0.2) is 69.5 Å². The molecule has 3 amide bonds. The normalized spacial score (nSPS) is 16.7. The Morgan fingerprint density at radius 1 is 0.786 bits per heavy atom. The Labute approximate surface area is 244 Å². The number of carbonyl (C=O) groups is 4. The molecule has 1 fully saturated rings. The maximum absolute atomic E-state index is 13.5. The van der Waals surface area contributed by atoms with Gasteiger partial charge in [-0.25, -0.2) is 4.79 Å². The fraction of sp³-hybridized carbons (Fsp3) is 0.312. The van der Waals surface area contributed by atoms with Crippen LogP contribution >= 0.6 is 0 Å². The Morgan fingerprint density at radius 2 is 1.33 bits per heavy atom. The summed E-state index contributed by atoms with van der Waals surface area (Å²) < 4.78 is 0. The monoisotopic (exact) mass is 572 g/mol. The number of hydrogen-bond acceptors (Lipinski definition) is 6. The molecule has 10 nitrogen and oxygen atoms in total. The number of phenols is 1. The first kappa shape index (κ1) is 30.3. The number of carboxylic acids is 1. The summed E-state index contributed by atoms with van der Waals surface area (Å²) in [5.74, 6) is -2.69. The Bertz CT molecular complexity index is 1370. The molecule has 10 heteroatoms. The van der Waals surface area contributed by atoms with E-state index in [9.17, 15) is 29.4 Å². The highest BCUT2D eigenvalue weighted by atomic mass is 16.4. The predicted molar refractivity (Wildman–Crippen MR) is 156 cm³/mol. The molecule has 6 N–H and O–H groups in total. The maximum atomic E-state index is 13.5. The number of likely N-dealkylation sites (tertiary alicyclic amines) is 1. The third-order valence-corrected chi connectivity index (χ3v) is 7.36. The van der Waals surface area contributed by atoms with Gasteiger partial charge in [0.25, 0.3) is 0 Å². The quantitative estimate of drug-likeness (QED) is 0.221. The van der Waals surface area contributed by atoms with Crippen molar-refractivity contribution in [1.82, 2.24) is 15.5 Å². The molecule has 0 aliphatic carbocycles. The zero-order valence-electron chi connectivity index (χ0n) is 23.2. The first-order valence-corrected chi connectivity index (χ1v) is 14.0. The van der Waals surface area contributed by atoms with Gasteiger partial charge < -0.3 is 31.5 Å². The van der Waals surface area contributed by atoms with Gasteiger partial charge in [0.1, 0.15) is 23.9 Å². The molecule has 42 heavy (non-hydrogen) atoms. The van der Waals surface area contributed by atoms with E-state index in [4.69, 9.17) is 5.73 Å². The molecule has 1 saturated heterocycles. The van der Waals surface area contributed by atoms with Crippen molar-refractivity contribution in [2.75, 3.05) is 6.54 Å². The number of carboxylic acid groups (broad SMARTS) is 1. The number of aliphatic carboxylic acids is 1. The van der Waals surface area contributed by atoms with Crippen molar-refractivity contribution in [2.24, 2.45) is 5.73 Å². The van der Waals surface area contributed by atoms with E-state index in [0.29, 0.717) is 31.4 Å². The third kappa shape index (κ3) is 8.17. The molecular formula is C32H36N4O6. The molecule has 1 aliphatic heterocycles. The number of nitrogens with zero attached hydrogens (tertiary/aromatic N) is 1. The van der Waals surface area contributed by atoms with Gasteiger partial charge in [-0.15, -0.1) is 0 Å². The molecule has 4 atom stereocenters. The average Bonchev–Trinajstić information content (AvgIpc) is 3.48. The summed E-state index contributed by atoms with van der Waals surface area (Å²) in [5.41, 5.74) is 8.53. The number of nitrogens with two attached hydrogens (primary N) is 1. The van der Waals surface area contributed by atoms with E-state index >= 15 is 0 Å². The lowest BCUT2D eigenvalue weighted by Gasteiger charge is -2.29. The van der Waals surface area contributed by atoms with E-state index in [-0.39, 0.29) is 24.5 Å². The van der Waals surface area contributed by atoms with E-state index in [1.165, 1.54) is 17.0 Å². The fourth-order valence-corrected chi connectivity index (χ4v) is 5.14. The van der Waals surface area contributed by atoms with Crippen molar-refractivity contribution < 1.29 is 29.4 Å². The molecule has 0 radical (unpaired) electrons. The van der Waals surface area contributed by atoms with E-state index < -0.39 is 42.0 Å². The van der Waals surface area contributed by atoms with Crippen molar-refractivity contribution in [1.29, 1.82) is 0 Å². The standard InChI is InChI=1S/C32H36N4O6/c33-25(18-21-8-3-1-4-9-21)31(40)36-17-7-12-28(36)30(39)34-26(19-23-13-15-24(37)16-14-23)29(38)35-27(32(41)42)20-22-10-5-2-6-11-22/h1-6,8-11,13-16,25-28,37H,7,12,17-20,33H2,(H,34,39)(H,35,38)(H,41,42). The van der Waals surface area contributed by atoms with Gasteiger partial charge in [-0.1, -0.05) is 72.8 Å². The van der Waals surface area contributed by atoms with E-state index in [1.54, 1.807) is 36.4 Å². The summed E-state index contributed by atoms with van der Waals surface area (Å²) >= 11 is 0. The third-order valence-electron chi connectivity index (χ3n) is 7.36. The van der Waals surface area contributed by atoms with Crippen LogP contribution in [-0.2, 0) is 38.4 Å². The van der Waals surface area contributed by atoms with Gasteiger partial charge in [-0.05, 0) is 48.1 Å². The molecule has 0 saturated carbocycles. The molecule has 4 unspecified atom stereocenters. The van der Waals surface area contributed by atoms with Crippen molar-refractivity contribution in [2.45, 2.75) is 56.3 Å². The average molecular weight is 573 g/mol. The molecule has 4 rings (SSSR count). The lowest BCUT2D eigenvalue weighted by atomic mass is 10.0. The second-order valence-corrected chi connectivity index (χ2v) is 10.5. The molecule has 3 aromatic rings. The zero-order valence-corrected chi connectivity index (χ0v) is 23.2. The van der Waals surface area contributed by atoms with Crippen LogP contribution in [0.4, 0.5) is 0 Å². The molecule has 0 bridgehead atoms. The summed E-state index contributed by atoms with van der Waals surface area (Å²) in [6.07, 6.45) is 1.45. The van der Waals surface area contributed by atoms with Crippen molar-refractivity contribution in [3.05, 3.63) is 102 Å². The lowest BCUT2D eigenvalue weighted by Crippen LogP contribution is -2.57. The summed E-state index contributed by atoms with van der Waals surface area (Å²) in [4.78, 5) is 53.7. The largest absolute Gasteiger partial charge is 0.508 e. The minimum atomic E-state index is -1.22. The molecule has 1 aliphatic rings. The lowest BCUT2D eigenvalue weighted by molar-refractivity contribution is -0.143. The van der Waals surface area contributed by atoms with Crippen molar-refractivity contribution >= 4 is 23.7 Å². The van der Waals surface area contributed by atoms with Gasteiger partial charge in [0.2, 0.25) is 17.7 Å². The molecule has 3 aromatic carbocycles. The number of hydrogen-bond donors (Lipinski definition) is 5. The van der Waals surface area contributed by atoms with Crippen LogP contribution in [0.25, 0.3) is 0 Å². The highest BCUT2D eigenvalue weighted by Crippen LogP contribution is 2.20. The molecule has 0 aromatic heterocycles.